The Morgan fingerprint density at radius 2 is 1.77 bits per heavy atom. The molecule has 0 saturated heterocycles. The van der Waals surface area contributed by atoms with Crippen molar-refractivity contribution < 1.29 is 0 Å². The summed E-state index contributed by atoms with van der Waals surface area (Å²) >= 11 is 0. The molecule has 1 rings (SSSR count). The molecule has 1 N–H and O–H groups in total. The number of hydrogen-bond donors (Lipinski definition) is 1. The first kappa shape index (κ1) is 10.1. The van der Waals surface area contributed by atoms with Crippen LogP contribution < -0.4 is 5.32 Å². The van der Waals surface area contributed by atoms with Gasteiger partial charge in [0.05, 0.1) is 0 Å². The highest BCUT2D eigenvalue weighted by Gasteiger charge is 2.08. The van der Waals surface area contributed by atoms with Crippen LogP contribution in [0.25, 0.3) is 0 Å². The van der Waals surface area contributed by atoms with Crippen LogP contribution in [0.5, 0.6) is 0 Å². The quantitative estimate of drug-likeness (QED) is 0.741. The second-order valence-electron chi connectivity index (χ2n) is 3.68. The molecule has 0 aromatic heterocycles. The smallest absolute Gasteiger partial charge is 0.0342 e. The molecular weight excluding hydrogens is 158 g/mol. The van der Waals surface area contributed by atoms with Crippen molar-refractivity contribution >= 4 is 5.69 Å². The van der Waals surface area contributed by atoms with Crippen molar-refractivity contribution in [1.29, 1.82) is 0 Å². The van der Waals surface area contributed by atoms with Crippen molar-refractivity contribution in [2.45, 2.75) is 33.2 Å². The van der Waals surface area contributed by atoms with Crippen LogP contribution >= 0.6 is 0 Å². The summed E-state index contributed by atoms with van der Waals surface area (Å²) in [5.41, 5.74) is 1.22. The van der Waals surface area contributed by atoms with E-state index in [1.165, 1.54) is 12.1 Å². The minimum atomic E-state index is 0.549. The Bertz CT molecular complexity index is 230. The van der Waals surface area contributed by atoms with Gasteiger partial charge in [-0.05, 0) is 25.0 Å². The predicted molar refractivity (Wildman–Crippen MR) is 59.0 cm³/mol. The van der Waals surface area contributed by atoms with Gasteiger partial charge in [-0.1, -0.05) is 38.5 Å². The first-order valence-corrected chi connectivity index (χ1v) is 5.05. The van der Waals surface area contributed by atoms with E-state index in [2.05, 4.69) is 50.4 Å². The van der Waals surface area contributed by atoms with Gasteiger partial charge >= 0.3 is 0 Å². The maximum Gasteiger partial charge on any atom is 0.0342 e. The molecule has 0 aliphatic carbocycles. The van der Waals surface area contributed by atoms with Crippen LogP contribution in [0.3, 0.4) is 0 Å². The fraction of sp³-hybridized carbons (Fsp3) is 0.500. The molecule has 1 nitrogen and oxygen atoms in total. The van der Waals surface area contributed by atoms with Crippen LogP contribution in [0.1, 0.15) is 27.2 Å². The van der Waals surface area contributed by atoms with Crippen LogP contribution in [-0.4, -0.2) is 6.04 Å². The Morgan fingerprint density at radius 3 is 2.31 bits per heavy atom. The van der Waals surface area contributed by atoms with Gasteiger partial charge in [0.1, 0.15) is 0 Å². The van der Waals surface area contributed by atoms with E-state index in [1.807, 2.05) is 6.07 Å². The zero-order chi connectivity index (χ0) is 9.68. The van der Waals surface area contributed by atoms with E-state index in [0.717, 1.165) is 5.92 Å². The van der Waals surface area contributed by atoms with Gasteiger partial charge in [0.25, 0.3) is 0 Å². The normalized spacial score (nSPS) is 15.0. The number of benzene rings is 1. The Morgan fingerprint density at radius 1 is 1.15 bits per heavy atom. The van der Waals surface area contributed by atoms with Gasteiger partial charge in [-0.15, -0.1) is 0 Å². The van der Waals surface area contributed by atoms with Crippen LogP contribution in [0, 0.1) is 5.92 Å². The molecule has 0 heterocycles. The first-order valence-electron chi connectivity index (χ1n) is 5.05. The minimum absolute atomic E-state index is 0.549. The molecule has 0 aliphatic rings. The molecule has 0 radical (unpaired) electrons. The fourth-order valence-electron chi connectivity index (χ4n) is 1.29. The minimum Gasteiger partial charge on any atom is -0.382 e. The Balaban J connectivity index is 2.50. The van der Waals surface area contributed by atoms with Gasteiger partial charge in [-0.25, -0.2) is 0 Å². The molecule has 0 fully saturated rings. The number of anilines is 1. The fourth-order valence-corrected chi connectivity index (χ4v) is 1.29. The van der Waals surface area contributed by atoms with Gasteiger partial charge in [0, 0.05) is 11.7 Å². The number of rotatable bonds is 4. The van der Waals surface area contributed by atoms with E-state index in [1.54, 1.807) is 0 Å². The zero-order valence-electron chi connectivity index (χ0n) is 8.75. The zero-order valence-corrected chi connectivity index (χ0v) is 8.75. The summed E-state index contributed by atoms with van der Waals surface area (Å²) in [5.74, 6) is 0.722. The third-order valence-electron chi connectivity index (χ3n) is 2.67. The average Bonchev–Trinajstić information content (AvgIpc) is 2.18. The predicted octanol–water partition coefficient (Wildman–Crippen LogP) is 3.53. The largest absolute Gasteiger partial charge is 0.382 e. The van der Waals surface area contributed by atoms with E-state index >= 15 is 0 Å². The second kappa shape index (κ2) is 4.90. The maximum atomic E-state index is 3.49. The topological polar surface area (TPSA) is 12.0 Å². The SMILES string of the molecule is CC[C@@H](C)[C@@H](C)Nc1ccccc1. The van der Waals surface area contributed by atoms with Crippen molar-refractivity contribution in [3.05, 3.63) is 30.3 Å². The summed E-state index contributed by atoms with van der Waals surface area (Å²) < 4.78 is 0. The lowest BCUT2D eigenvalue weighted by Gasteiger charge is -2.20. The Kier molecular flexibility index (Phi) is 3.81. The van der Waals surface area contributed by atoms with Gasteiger partial charge in [0.2, 0.25) is 0 Å². The molecule has 1 aromatic rings. The van der Waals surface area contributed by atoms with E-state index in [4.69, 9.17) is 0 Å². The van der Waals surface area contributed by atoms with Crippen molar-refractivity contribution in [2.75, 3.05) is 5.32 Å². The highest BCUT2D eigenvalue weighted by molar-refractivity contribution is 5.43. The first-order chi connectivity index (χ1) is 6.24. The van der Waals surface area contributed by atoms with E-state index < -0.39 is 0 Å². The van der Waals surface area contributed by atoms with Crippen molar-refractivity contribution in [3.63, 3.8) is 0 Å². The Labute approximate surface area is 81.2 Å². The monoisotopic (exact) mass is 177 g/mol. The Hall–Kier alpha value is -0.980. The lowest BCUT2D eigenvalue weighted by molar-refractivity contribution is 0.494. The number of nitrogens with one attached hydrogen (secondary N) is 1. The molecule has 2 atom stereocenters. The van der Waals surface area contributed by atoms with E-state index in [-0.39, 0.29) is 0 Å². The van der Waals surface area contributed by atoms with Crippen LogP contribution in [0.4, 0.5) is 5.69 Å². The van der Waals surface area contributed by atoms with Crippen molar-refractivity contribution in [1.82, 2.24) is 0 Å². The second-order valence-corrected chi connectivity index (χ2v) is 3.68. The molecule has 0 unspecified atom stereocenters. The third kappa shape index (κ3) is 3.10. The molecule has 1 aromatic carbocycles. The average molecular weight is 177 g/mol. The molecule has 0 aliphatic heterocycles. The summed E-state index contributed by atoms with van der Waals surface area (Å²) in [6, 6.07) is 10.9. The van der Waals surface area contributed by atoms with Crippen molar-refractivity contribution in [3.8, 4) is 0 Å². The summed E-state index contributed by atoms with van der Waals surface area (Å²) in [6.07, 6.45) is 1.22. The highest BCUT2D eigenvalue weighted by Crippen LogP contribution is 2.13. The summed E-state index contributed by atoms with van der Waals surface area (Å²) in [7, 11) is 0. The molecule has 0 saturated carbocycles. The van der Waals surface area contributed by atoms with Gasteiger partial charge in [-0.3, -0.25) is 0 Å². The van der Waals surface area contributed by atoms with Crippen molar-refractivity contribution in [2.24, 2.45) is 5.92 Å². The lowest BCUT2D eigenvalue weighted by atomic mass is 10.0. The van der Waals surface area contributed by atoms with E-state index in [9.17, 15) is 0 Å². The van der Waals surface area contributed by atoms with Crippen LogP contribution in [0.15, 0.2) is 30.3 Å². The van der Waals surface area contributed by atoms with E-state index in [0.29, 0.717) is 6.04 Å². The van der Waals surface area contributed by atoms with Gasteiger partial charge < -0.3 is 5.32 Å². The van der Waals surface area contributed by atoms with Gasteiger partial charge in [-0.2, -0.15) is 0 Å². The molecule has 72 valence electrons. The highest BCUT2D eigenvalue weighted by atomic mass is 14.9. The number of para-hydroxylation sites is 1. The van der Waals surface area contributed by atoms with Crippen LogP contribution in [0.2, 0.25) is 0 Å². The summed E-state index contributed by atoms with van der Waals surface area (Å²) in [5, 5.41) is 3.49. The molecule has 1 heteroatoms. The molecule has 13 heavy (non-hydrogen) atoms. The van der Waals surface area contributed by atoms with Crippen LogP contribution in [-0.2, 0) is 0 Å². The standard InChI is InChI=1S/C12H19N/c1-4-10(2)11(3)13-12-8-6-5-7-9-12/h5-11,13H,4H2,1-3H3/t10-,11-/m1/s1. The molecule has 0 amide bonds. The summed E-state index contributed by atoms with van der Waals surface area (Å²) in [6.45, 7) is 6.75. The summed E-state index contributed by atoms with van der Waals surface area (Å²) in [4.78, 5) is 0. The number of hydrogen-bond acceptors (Lipinski definition) is 1. The van der Waals surface area contributed by atoms with Gasteiger partial charge in [0.15, 0.2) is 0 Å². The molecule has 0 spiro atoms. The third-order valence-corrected chi connectivity index (χ3v) is 2.67. The molecular formula is C12H19N. The lowest BCUT2D eigenvalue weighted by Crippen LogP contribution is -2.22. The molecule has 0 bridgehead atoms. The maximum absolute atomic E-state index is 3.49.